The fraction of sp³-hybridized carbons (Fsp3) is 0.250. The Morgan fingerprint density at radius 1 is 1.10 bits per heavy atom. The van der Waals surface area contributed by atoms with Crippen molar-refractivity contribution in [3.8, 4) is 23.1 Å². The summed E-state index contributed by atoms with van der Waals surface area (Å²) in [5, 5.41) is 6.60. The van der Waals surface area contributed by atoms with Crippen molar-refractivity contribution in [3.05, 3.63) is 77.1 Å². The van der Waals surface area contributed by atoms with Crippen molar-refractivity contribution in [1.82, 2.24) is 10.5 Å². The van der Waals surface area contributed by atoms with Gasteiger partial charge in [0.05, 0.1) is 12.1 Å². The lowest BCUT2D eigenvalue weighted by Gasteiger charge is -2.04. The Hall–Kier alpha value is -3.46. The number of halogens is 2. The van der Waals surface area contributed by atoms with E-state index in [4.69, 9.17) is 4.52 Å². The summed E-state index contributed by atoms with van der Waals surface area (Å²) in [4.78, 5) is 12.3. The summed E-state index contributed by atoms with van der Waals surface area (Å²) < 4.78 is 32.6. The summed E-state index contributed by atoms with van der Waals surface area (Å²) in [7, 11) is 0. The van der Waals surface area contributed by atoms with Crippen LogP contribution in [0.2, 0.25) is 0 Å². The van der Waals surface area contributed by atoms with Gasteiger partial charge in [0.2, 0.25) is 0 Å². The Morgan fingerprint density at radius 3 is 2.60 bits per heavy atom. The van der Waals surface area contributed by atoms with E-state index in [1.807, 2.05) is 0 Å². The van der Waals surface area contributed by atoms with Gasteiger partial charge in [0.25, 0.3) is 5.91 Å². The van der Waals surface area contributed by atoms with Crippen LogP contribution >= 0.6 is 0 Å². The molecule has 152 valence electrons. The molecule has 1 aromatic heterocycles. The molecule has 2 aromatic carbocycles. The van der Waals surface area contributed by atoms with E-state index >= 15 is 0 Å². The summed E-state index contributed by atoms with van der Waals surface area (Å²) in [6, 6.07) is 11.8. The molecule has 4 rings (SSSR count). The van der Waals surface area contributed by atoms with Crippen molar-refractivity contribution in [2.75, 3.05) is 0 Å². The van der Waals surface area contributed by atoms with E-state index in [9.17, 15) is 13.6 Å². The minimum absolute atomic E-state index is 0.0951. The quantitative estimate of drug-likeness (QED) is 0.614. The molecular formula is C24H20F2N2O2. The average Bonchev–Trinajstić information content (AvgIpc) is 3.44. The summed E-state index contributed by atoms with van der Waals surface area (Å²) in [6.45, 7) is 0.0951. The molecule has 1 aliphatic carbocycles. The van der Waals surface area contributed by atoms with Crippen LogP contribution in [0.3, 0.4) is 0 Å². The van der Waals surface area contributed by atoms with Crippen molar-refractivity contribution < 1.29 is 18.1 Å². The lowest BCUT2D eigenvalue weighted by Crippen LogP contribution is -2.22. The van der Waals surface area contributed by atoms with E-state index in [0.717, 1.165) is 12.8 Å². The number of carbonyl (C=O) groups is 1. The monoisotopic (exact) mass is 406 g/mol. The van der Waals surface area contributed by atoms with Crippen molar-refractivity contribution in [3.63, 3.8) is 0 Å². The van der Waals surface area contributed by atoms with Gasteiger partial charge in [-0.05, 0) is 55.3 Å². The fourth-order valence-corrected chi connectivity index (χ4v) is 3.43. The van der Waals surface area contributed by atoms with Gasteiger partial charge < -0.3 is 9.84 Å². The van der Waals surface area contributed by atoms with Gasteiger partial charge >= 0.3 is 0 Å². The van der Waals surface area contributed by atoms with Crippen LogP contribution in [0.4, 0.5) is 8.78 Å². The van der Waals surface area contributed by atoms with Gasteiger partial charge in [-0.15, -0.1) is 0 Å². The van der Waals surface area contributed by atoms with Crippen molar-refractivity contribution >= 4 is 5.91 Å². The van der Waals surface area contributed by atoms with Crippen LogP contribution in [0.25, 0.3) is 11.3 Å². The van der Waals surface area contributed by atoms with Gasteiger partial charge in [0.15, 0.2) is 5.76 Å². The lowest BCUT2D eigenvalue weighted by molar-refractivity contribution is 0.0946. The first kappa shape index (κ1) is 19.8. The lowest BCUT2D eigenvalue weighted by atomic mass is 10.1. The van der Waals surface area contributed by atoms with E-state index < -0.39 is 11.7 Å². The van der Waals surface area contributed by atoms with Crippen LogP contribution in [0.1, 0.15) is 47.4 Å². The number of carbonyl (C=O) groups excluding carboxylic acids is 1. The van der Waals surface area contributed by atoms with Crippen LogP contribution in [0.5, 0.6) is 0 Å². The molecule has 0 saturated heterocycles. The first-order valence-corrected chi connectivity index (χ1v) is 9.89. The molecule has 1 heterocycles. The van der Waals surface area contributed by atoms with Gasteiger partial charge in [0.1, 0.15) is 17.3 Å². The Balaban J connectivity index is 1.37. The smallest absolute Gasteiger partial charge is 0.251 e. The maximum Gasteiger partial charge on any atom is 0.251 e. The van der Waals surface area contributed by atoms with E-state index in [2.05, 4.69) is 22.3 Å². The predicted molar refractivity (Wildman–Crippen MR) is 108 cm³/mol. The second-order valence-electron chi connectivity index (χ2n) is 7.31. The molecule has 1 N–H and O–H groups in total. The van der Waals surface area contributed by atoms with Crippen LogP contribution in [-0.4, -0.2) is 11.1 Å². The van der Waals surface area contributed by atoms with E-state index in [1.54, 1.807) is 24.3 Å². The topological polar surface area (TPSA) is 55.1 Å². The number of amides is 1. The van der Waals surface area contributed by atoms with Gasteiger partial charge in [-0.25, -0.2) is 8.78 Å². The van der Waals surface area contributed by atoms with Crippen LogP contribution in [-0.2, 0) is 6.54 Å². The van der Waals surface area contributed by atoms with Gasteiger partial charge in [0, 0.05) is 23.1 Å². The van der Waals surface area contributed by atoms with Gasteiger partial charge in [-0.3, -0.25) is 4.79 Å². The minimum atomic E-state index is -0.508. The highest BCUT2D eigenvalue weighted by atomic mass is 19.1. The molecule has 1 amide bonds. The predicted octanol–water partition coefficient (Wildman–Crippen LogP) is 5.09. The number of rotatable bonds is 4. The van der Waals surface area contributed by atoms with Crippen LogP contribution in [0.15, 0.2) is 53.1 Å². The van der Waals surface area contributed by atoms with Crippen LogP contribution in [0, 0.1) is 29.4 Å². The number of hydrogen-bond donors (Lipinski definition) is 1. The normalized spacial score (nSPS) is 13.7. The molecule has 6 heteroatoms. The minimum Gasteiger partial charge on any atom is -0.359 e. The maximum atomic E-state index is 14.3. The highest BCUT2D eigenvalue weighted by Crippen LogP contribution is 2.24. The van der Waals surface area contributed by atoms with Gasteiger partial charge in [-0.2, -0.15) is 0 Å². The Bertz CT molecular complexity index is 1100. The molecule has 0 aliphatic heterocycles. The molecule has 0 spiro atoms. The summed E-state index contributed by atoms with van der Waals surface area (Å²) in [6.07, 6.45) is 4.49. The number of hydrogen-bond acceptors (Lipinski definition) is 3. The third-order valence-electron chi connectivity index (χ3n) is 5.12. The SMILES string of the molecule is O=C(NCc1cc(-c2ccc(F)cc2)no1)c1ccc(C#CC2CCCC2)c(F)c1. The highest BCUT2D eigenvalue weighted by molar-refractivity contribution is 5.94. The number of benzene rings is 2. The van der Waals surface area contributed by atoms with E-state index in [-0.39, 0.29) is 17.9 Å². The molecule has 4 nitrogen and oxygen atoms in total. The molecule has 0 bridgehead atoms. The Labute approximate surface area is 173 Å². The van der Waals surface area contributed by atoms with Crippen molar-refractivity contribution in [2.45, 2.75) is 32.2 Å². The summed E-state index contributed by atoms with van der Waals surface area (Å²) in [5.41, 5.74) is 1.75. The van der Waals surface area contributed by atoms with E-state index in [0.29, 0.717) is 28.5 Å². The third kappa shape index (κ3) is 4.74. The molecule has 30 heavy (non-hydrogen) atoms. The zero-order valence-corrected chi connectivity index (χ0v) is 16.3. The molecule has 3 aromatic rings. The number of aromatic nitrogens is 1. The first-order chi connectivity index (χ1) is 14.6. The molecule has 1 saturated carbocycles. The largest absolute Gasteiger partial charge is 0.359 e. The summed E-state index contributed by atoms with van der Waals surface area (Å²) in [5.74, 6) is 5.52. The molecule has 0 atom stereocenters. The first-order valence-electron chi connectivity index (χ1n) is 9.89. The zero-order chi connectivity index (χ0) is 20.9. The Morgan fingerprint density at radius 2 is 1.87 bits per heavy atom. The van der Waals surface area contributed by atoms with Crippen molar-refractivity contribution in [1.29, 1.82) is 0 Å². The average molecular weight is 406 g/mol. The summed E-state index contributed by atoms with van der Waals surface area (Å²) >= 11 is 0. The zero-order valence-electron chi connectivity index (χ0n) is 16.3. The van der Waals surface area contributed by atoms with Crippen molar-refractivity contribution in [2.24, 2.45) is 5.92 Å². The standard InChI is InChI=1S/C24H20F2N2O2/c25-20-11-9-18(10-12-20)23-14-21(30-28-23)15-27-24(29)19-8-7-17(22(26)13-19)6-5-16-3-1-2-4-16/h7-14,16H,1-4,15H2,(H,27,29). The van der Waals surface area contributed by atoms with E-state index in [1.165, 1.54) is 37.1 Å². The van der Waals surface area contributed by atoms with Gasteiger partial charge in [-0.1, -0.05) is 29.8 Å². The molecule has 1 aliphatic rings. The second kappa shape index (κ2) is 8.91. The number of nitrogens with one attached hydrogen (secondary N) is 1. The fourth-order valence-electron chi connectivity index (χ4n) is 3.43. The third-order valence-corrected chi connectivity index (χ3v) is 5.12. The Kier molecular flexibility index (Phi) is 5.89. The molecule has 0 unspecified atom stereocenters. The second-order valence-corrected chi connectivity index (χ2v) is 7.31. The molecule has 1 fully saturated rings. The number of nitrogens with zero attached hydrogens (tertiary/aromatic N) is 1. The van der Waals surface area contributed by atoms with Crippen LogP contribution < -0.4 is 5.32 Å². The maximum absolute atomic E-state index is 14.3. The highest BCUT2D eigenvalue weighted by Gasteiger charge is 2.13. The molecule has 0 radical (unpaired) electrons. The molecular weight excluding hydrogens is 386 g/mol.